The number of hydrogen-bond acceptors (Lipinski definition) is 5. The molecular weight excluding hydrogens is 248 g/mol. The van der Waals surface area contributed by atoms with Crippen molar-refractivity contribution < 1.29 is 9.90 Å². The highest BCUT2D eigenvalue weighted by atomic mass is 16.4. The number of nitrogens with zero attached hydrogens (tertiary/aromatic N) is 3. The highest BCUT2D eigenvalue weighted by Gasteiger charge is 2.42. The first-order chi connectivity index (χ1) is 8.85. The number of carboxylic acids is 1. The van der Waals surface area contributed by atoms with Gasteiger partial charge in [-0.25, -0.2) is 4.98 Å². The molecule has 7 heteroatoms. The van der Waals surface area contributed by atoms with E-state index in [1.54, 1.807) is 21.9 Å². The van der Waals surface area contributed by atoms with Gasteiger partial charge in [-0.3, -0.25) is 9.59 Å². The van der Waals surface area contributed by atoms with E-state index in [0.717, 1.165) is 0 Å². The summed E-state index contributed by atoms with van der Waals surface area (Å²) < 4.78 is 1.57. The minimum atomic E-state index is -1.30. The summed E-state index contributed by atoms with van der Waals surface area (Å²) in [6.45, 7) is 4.33. The van der Waals surface area contributed by atoms with Crippen LogP contribution in [0.3, 0.4) is 0 Å². The predicted molar refractivity (Wildman–Crippen MR) is 70.3 cm³/mol. The first kappa shape index (κ1) is 13.5. The van der Waals surface area contributed by atoms with E-state index in [1.807, 2.05) is 13.8 Å². The van der Waals surface area contributed by atoms with Gasteiger partial charge in [0.2, 0.25) is 0 Å². The molecule has 0 aliphatic carbocycles. The van der Waals surface area contributed by atoms with Crippen LogP contribution in [-0.2, 0) is 4.79 Å². The Morgan fingerprint density at radius 2 is 2.26 bits per heavy atom. The van der Waals surface area contributed by atoms with E-state index in [4.69, 9.17) is 10.8 Å². The fourth-order valence-corrected chi connectivity index (χ4v) is 2.23. The Labute approximate surface area is 110 Å². The van der Waals surface area contributed by atoms with Gasteiger partial charge in [-0.15, -0.1) is 0 Å². The molecule has 2 heterocycles. The Balaban J connectivity index is 2.33. The quantitative estimate of drug-likeness (QED) is 0.786. The Hall–Kier alpha value is -1.89. The molecule has 1 aromatic rings. The molecule has 1 aromatic heterocycles. The molecular formula is C12H18N4O3. The van der Waals surface area contributed by atoms with Crippen LogP contribution >= 0.6 is 0 Å². The second-order valence-corrected chi connectivity index (χ2v) is 5.19. The van der Waals surface area contributed by atoms with Crippen LogP contribution in [0.1, 0.15) is 26.3 Å². The lowest BCUT2D eigenvalue weighted by molar-refractivity contribution is -0.142. The van der Waals surface area contributed by atoms with Gasteiger partial charge >= 0.3 is 5.97 Å². The summed E-state index contributed by atoms with van der Waals surface area (Å²) in [5.41, 5.74) is 4.29. The SMILES string of the molecule is CC(C)n1ccnc(N2CCC(N)(C(=O)O)C2)c1=O. The number of hydrogen-bond donors (Lipinski definition) is 2. The molecule has 0 bridgehead atoms. The van der Waals surface area contributed by atoms with Crippen molar-refractivity contribution in [2.45, 2.75) is 31.8 Å². The first-order valence-electron chi connectivity index (χ1n) is 6.19. The van der Waals surface area contributed by atoms with Gasteiger partial charge in [0.1, 0.15) is 5.54 Å². The molecule has 1 fully saturated rings. The van der Waals surface area contributed by atoms with Crippen molar-refractivity contribution in [2.75, 3.05) is 18.0 Å². The van der Waals surface area contributed by atoms with Crippen LogP contribution < -0.4 is 16.2 Å². The highest BCUT2D eigenvalue weighted by Crippen LogP contribution is 2.22. The van der Waals surface area contributed by atoms with Crippen molar-refractivity contribution in [2.24, 2.45) is 5.73 Å². The topological polar surface area (TPSA) is 101 Å². The number of aliphatic carboxylic acids is 1. The van der Waals surface area contributed by atoms with Crippen LogP contribution in [0.15, 0.2) is 17.2 Å². The molecule has 0 saturated carbocycles. The Morgan fingerprint density at radius 3 is 2.79 bits per heavy atom. The highest BCUT2D eigenvalue weighted by molar-refractivity contribution is 5.80. The zero-order valence-electron chi connectivity index (χ0n) is 11.0. The van der Waals surface area contributed by atoms with Crippen LogP contribution in [0.2, 0.25) is 0 Å². The van der Waals surface area contributed by atoms with E-state index >= 15 is 0 Å². The van der Waals surface area contributed by atoms with Crippen LogP contribution in [0, 0.1) is 0 Å². The van der Waals surface area contributed by atoms with E-state index in [9.17, 15) is 9.59 Å². The van der Waals surface area contributed by atoms with E-state index < -0.39 is 11.5 Å². The minimum Gasteiger partial charge on any atom is -0.480 e. The summed E-state index contributed by atoms with van der Waals surface area (Å²) in [5.74, 6) is -0.778. The van der Waals surface area contributed by atoms with Gasteiger partial charge in [-0.1, -0.05) is 0 Å². The maximum absolute atomic E-state index is 12.2. The number of carbonyl (C=O) groups is 1. The summed E-state index contributed by atoms with van der Waals surface area (Å²) in [6, 6.07) is 0.0268. The maximum atomic E-state index is 12.2. The van der Waals surface area contributed by atoms with Gasteiger partial charge in [0.05, 0.1) is 0 Å². The van der Waals surface area contributed by atoms with E-state index in [1.165, 1.54) is 0 Å². The summed E-state index contributed by atoms with van der Waals surface area (Å²) in [7, 11) is 0. The van der Waals surface area contributed by atoms with Crippen LogP contribution in [0.5, 0.6) is 0 Å². The third-order valence-corrected chi connectivity index (χ3v) is 3.43. The van der Waals surface area contributed by atoms with Crippen molar-refractivity contribution in [3.05, 3.63) is 22.7 Å². The van der Waals surface area contributed by atoms with Gasteiger partial charge in [-0.2, -0.15) is 0 Å². The average molecular weight is 266 g/mol. The Kier molecular flexibility index (Phi) is 3.32. The van der Waals surface area contributed by atoms with Gasteiger partial charge in [0.15, 0.2) is 5.82 Å². The summed E-state index contributed by atoms with van der Waals surface area (Å²) in [6.07, 6.45) is 3.48. The number of aromatic nitrogens is 2. The Morgan fingerprint density at radius 1 is 1.58 bits per heavy atom. The molecule has 1 aliphatic heterocycles. The standard InChI is InChI=1S/C12H18N4O3/c1-8(2)16-6-4-14-9(10(16)17)15-5-3-12(13,7-15)11(18)19/h4,6,8H,3,5,7,13H2,1-2H3,(H,18,19). The van der Waals surface area contributed by atoms with Gasteiger partial charge in [0.25, 0.3) is 5.56 Å². The number of rotatable bonds is 3. The van der Waals surface area contributed by atoms with Crippen molar-refractivity contribution in [1.82, 2.24) is 9.55 Å². The number of carboxylic acid groups (broad SMARTS) is 1. The van der Waals surface area contributed by atoms with Crippen LogP contribution in [0.25, 0.3) is 0 Å². The molecule has 1 atom stereocenters. The molecule has 0 aromatic carbocycles. The van der Waals surface area contributed by atoms with Gasteiger partial charge in [-0.05, 0) is 20.3 Å². The maximum Gasteiger partial charge on any atom is 0.325 e. The first-order valence-corrected chi connectivity index (χ1v) is 6.19. The molecule has 2 rings (SSSR count). The summed E-state index contributed by atoms with van der Waals surface area (Å²) >= 11 is 0. The van der Waals surface area contributed by atoms with Crippen LogP contribution in [0.4, 0.5) is 5.82 Å². The number of anilines is 1. The van der Waals surface area contributed by atoms with Crippen molar-refractivity contribution in [3.8, 4) is 0 Å². The third kappa shape index (κ3) is 2.33. The molecule has 19 heavy (non-hydrogen) atoms. The van der Waals surface area contributed by atoms with E-state index in [-0.39, 0.29) is 24.0 Å². The number of nitrogens with two attached hydrogens (primary N) is 1. The molecule has 104 valence electrons. The normalized spacial score (nSPS) is 23.1. The lowest BCUT2D eigenvalue weighted by Gasteiger charge is -2.21. The lowest BCUT2D eigenvalue weighted by Crippen LogP contribution is -2.50. The van der Waals surface area contributed by atoms with Crippen molar-refractivity contribution in [3.63, 3.8) is 0 Å². The Bertz CT molecular complexity index is 554. The molecule has 1 aliphatic rings. The monoisotopic (exact) mass is 266 g/mol. The fourth-order valence-electron chi connectivity index (χ4n) is 2.23. The molecule has 1 unspecified atom stereocenters. The molecule has 3 N–H and O–H groups in total. The molecule has 1 saturated heterocycles. The largest absolute Gasteiger partial charge is 0.480 e. The van der Waals surface area contributed by atoms with E-state index in [2.05, 4.69) is 4.98 Å². The predicted octanol–water partition coefficient (Wildman–Crippen LogP) is -0.184. The van der Waals surface area contributed by atoms with Crippen molar-refractivity contribution >= 4 is 11.8 Å². The lowest BCUT2D eigenvalue weighted by atomic mass is 10.0. The molecule has 7 nitrogen and oxygen atoms in total. The molecule has 0 amide bonds. The average Bonchev–Trinajstić information content (AvgIpc) is 2.73. The summed E-state index contributed by atoms with van der Waals surface area (Å²) in [4.78, 5) is 29.1. The third-order valence-electron chi connectivity index (χ3n) is 3.43. The smallest absolute Gasteiger partial charge is 0.325 e. The second kappa shape index (κ2) is 4.65. The van der Waals surface area contributed by atoms with E-state index in [0.29, 0.717) is 13.0 Å². The fraction of sp³-hybridized carbons (Fsp3) is 0.583. The second-order valence-electron chi connectivity index (χ2n) is 5.19. The zero-order chi connectivity index (χ0) is 14.2. The summed E-state index contributed by atoms with van der Waals surface area (Å²) in [5, 5.41) is 9.09. The van der Waals surface area contributed by atoms with Crippen molar-refractivity contribution in [1.29, 1.82) is 0 Å². The molecule has 0 radical (unpaired) electrons. The zero-order valence-corrected chi connectivity index (χ0v) is 11.0. The minimum absolute atomic E-state index is 0.0268. The van der Waals surface area contributed by atoms with Gasteiger partial charge < -0.3 is 20.3 Å². The van der Waals surface area contributed by atoms with Crippen LogP contribution in [-0.4, -0.2) is 39.3 Å². The van der Waals surface area contributed by atoms with Gasteiger partial charge in [0, 0.05) is 31.5 Å². The molecule has 0 spiro atoms.